The number of halogens is 1. The lowest BCUT2D eigenvalue weighted by Gasteiger charge is -2.11. The first-order valence-corrected chi connectivity index (χ1v) is 7.69. The molecule has 7 heteroatoms. The molecule has 0 amide bonds. The Morgan fingerprint density at radius 2 is 1.81 bits per heavy atom. The molecule has 0 aliphatic heterocycles. The molecular formula is C14H15FN2O3S. The number of sulfonamides is 1. The maximum absolute atomic E-state index is 13.3. The van der Waals surface area contributed by atoms with Crippen LogP contribution in [-0.2, 0) is 16.4 Å². The van der Waals surface area contributed by atoms with E-state index in [4.69, 9.17) is 10.8 Å². The number of benzene rings is 2. The van der Waals surface area contributed by atoms with E-state index in [0.29, 0.717) is 12.1 Å². The second kappa shape index (κ2) is 6.11. The van der Waals surface area contributed by atoms with Gasteiger partial charge >= 0.3 is 0 Å². The molecule has 0 fully saturated rings. The molecule has 0 radical (unpaired) electrons. The van der Waals surface area contributed by atoms with Gasteiger partial charge in [-0.25, -0.2) is 12.8 Å². The van der Waals surface area contributed by atoms with Gasteiger partial charge in [-0.3, -0.25) is 4.72 Å². The largest absolute Gasteiger partial charge is 0.396 e. The lowest BCUT2D eigenvalue weighted by molar-refractivity contribution is 0.299. The summed E-state index contributed by atoms with van der Waals surface area (Å²) < 4.78 is 40.1. The molecule has 0 heterocycles. The fourth-order valence-electron chi connectivity index (χ4n) is 1.83. The van der Waals surface area contributed by atoms with Crippen molar-refractivity contribution in [3.63, 3.8) is 0 Å². The molecule has 0 aromatic heterocycles. The van der Waals surface area contributed by atoms with Crippen molar-refractivity contribution in [2.24, 2.45) is 0 Å². The van der Waals surface area contributed by atoms with Gasteiger partial charge in [0.05, 0.1) is 5.69 Å². The highest BCUT2D eigenvalue weighted by Gasteiger charge is 2.19. The summed E-state index contributed by atoms with van der Waals surface area (Å²) in [4.78, 5) is -0.304. The van der Waals surface area contributed by atoms with Crippen molar-refractivity contribution in [2.45, 2.75) is 11.3 Å². The maximum Gasteiger partial charge on any atom is 0.264 e. The van der Waals surface area contributed by atoms with Crippen LogP contribution in [0.25, 0.3) is 0 Å². The van der Waals surface area contributed by atoms with Crippen molar-refractivity contribution >= 4 is 21.4 Å². The highest BCUT2D eigenvalue weighted by Crippen LogP contribution is 2.23. The lowest BCUT2D eigenvalue weighted by atomic mass is 10.1. The smallest absolute Gasteiger partial charge is 0.264 e. The van der Waals surface area contributed by atoms with Gasteiger partial charge in [0, 0.05) is 12.3 Å². The van der Waals surface area contributed by atoms with E-state index in [-0.39, 0.29) is 11.5 Å². The van der Waals surface area contributed by atoms with E-state index in [1.165, 1.54) is 12.1 Å². The standard InChI is InChI=1S/C14H15FN2O3S/c15-12-2-1-3-13(14(12)16)21(19,20)17-11-6-4-10(5-7-11)8-9-18/h1-7,17-18H,8-9,16H2. The zero-order valence-corrected chi connectivity index (χ0v) is 11.9. The molecule has 0 aliphatic rings. The van der Waals surface area contributed by atoms with Gasteiger partial charge in [0.2, 0.25) is 0 Å². The minimum Gasteiger partial charge on any atom is -0.396 e. The van der Waals surface area contributed by atoms with E-state index in [9.17, 15) is 12.8 Å². The lowest BCUT2D eigenvalue weighted by Crippen LogP contribution is -2.15. The number of nitrogen functional groups attached to an aromatic ring is 1. The first kappa shape index (κ1) is 15.3. The quantitative estimate of drug-likeness (QED) is 0.734. The molecule has 0 bridgehead atoms. The molecule has 4 N–H and O–H groups in total. The van der Waals surface area contributed by atoms with E-state index in [0.717, 1.165) is 11.6 Å². The number of aliphatic hydroxyl groups excluding tert-OH is 1. The maximum atomic E-state index is 13.3. The number of para-hydroxylation sites is 1. The third-order valence-corrected chi connectivity index (χ3v) is 4.35. The van der Waals surface area contributed by atoms with Crippen molar-refractivity contribution in [1.82, 2.24) is 0 Å². The number of hydrogen-bond acceptors (Lipinski definition) is 4. The van der Waals surface area contributed by atoms with Crippen LogP contribution >= 0.6 is 0 Å². The first-order chi connectivity index (χ1) is 9.94. The Kier molecular flexibility index (Phi) is 4.44. The van der Waals surface area contributed by atoms with Crippen LogP contribution in [0.3, 0.4) is 0 Å². The Hall–Kier alpha value is -2.12. The van der Waals surface area contributed by atoms with E-state index >= 15 is 0 Å². The van der Waals surface area contributed by atoms with Crippen LogP contribution < -0.4 is 10.5 Å². The summed E-state index contributed by atoms with van der Waals surface area (Å²) in [6.45, 7) is 0.0187. The van der Waals surface area contributed by atoms with Gasteiger partial charge in [-0.2, -0.15) is 0 Å². The van der Waals surface area contributed by atoms with Crippen LogP contribution in [0.4, 0.5) is 15.8 Å². The van der Waals surface area contributed by atoms with Gasteiger partial charge in [0.15, 0.2) is 0 Å². The number of nitrogens with two attached hydrogens (primary N) is 1. The molecular weight excluding hydrogens is 295 g/mol. The first-order valence-electron chi connectivity index (χ1n) is 6.20. The summed E-state index contributed by atoms with van der Waals surface area (Å²) in [5.74, 6) is -0.781. The molecule has 0 spiro atoms. The second-order valence-electron chi connectivity index (χ2n) is 4.43. The average Bonchev–Trinajstić information content (AvgIpc) is 2.44. The van der Waals surface area contributed by atoms with Crippen LogP contribution in [0, 0.1) is 5.82 Å². The van der Waals surface area contributed by atoms with Crippen LogP contribution in [0.1, 0.15) is 5.56 Å². The van der Waals surface area contributed by atoms with E-state index < -0.39 is 21.5 Å². The van der Waals surface area contributed by atoms with E-state index in [2.05, 4.69) is 4.72 Å². The Labute approximate surface area is 122 Å². The Morgan fingerprint density at radius 1 is 1.14 bits per heavy atom. The zero-order chi connectivity index (χ0) is 15.5. The number of aliphatic hydroxyl groups is 1. The summed E-state index contributed by atoms with van der Waals surface area (Å²) in [7, 11) is -3.96. The summed E-state index contributed by atoms with van der Waals surface area (Å²) >= 11 is 0. The van der Waals surface area contributed by atoms with Crippen molar-refractivity contribution < 1.29 is 17.9 Å². The van der Waals surface area contributed by atoms with Crippen molar-refractivity contribution in [1.29, 1.82) is 0 Å². The van der Waals surface area contributed by atoms with Crippen molar-refractivity contribution in [3.05, 3.63) is 53.8 Å². The SMILES string of the molecule is Nc1c(F)cccc1S(=O)(=O)Nc1ccc(CCO)cc1. The van der Waals surface area contributed by atoms with Crippen LogP contribution in [0.5, 0.6) is 0 Å². The summed E-state index contributed by atoms with van der Waals surface area (Å²) in [5, 5.41) is 8.82. The molecule has 5 nitrogen and oxygen atoms in total. The summed E-state index contributed by atoms with van der Waals surface area (Å²) in [5.41, 5.74) is 6.26. The van der Waals surface area contributed by atoms with Crippen molar-refractivity contribution in [3.8, 4) is 0 Å². The number of hydrogen-bond donors (Lipinski definition) is 3. The molecule has 112 valence electrons. The molecule has 21 heavy (non-hydrogen) atoms. The fraction of sp³-hybridized carbons (Fsp3) is 0.143. The highest BCUT2D eigenvalue weighted by molar-refractivity contribution is 7.92. The topological polar surface area (TPSA) is 92.4 Å². The minimum atomic E-state index is -3.96. The molecule has 2 aromatic rings. The Morgan fingerprint density at radius 3 is 2.43 bits per heavy atom. The second-order valence-corrected chi connectivity index (χ2v) is 6.08. The predicted octanol–water partition coefficient (Wildman–Crippen LogP) is 1.74. The third-order valence-electron chi connectivity index (χ3n) is 2.91. The minimum absolute atomic E-state index is 0.0187. The van der Waals surface area contributed by atoms with Crippen LogP contribution in [0.2, 0.25) is 0 Å². The third kappa shape index (κ3) is 3.50. The van der Waals surface area contributed by atoms with E-state index in [1.807, 2.05) is 0 Å². The summed E-state index contributed by atoms with van der Waals surface area (Å²) in [6.07, 6.45) is 0.490. The van der Waals surface area contributed by atoms with E-state index in [1.54, 1.807) is 24.3 Å². The van der Waals surface area contributed by atoms with Gasteiger partial charge in [-0.15, -0.1) is 0 Å². The zero-order valence-electron chi connectivity index (χ0n) is 11.1. The number of anilines is 2. The molecule has 0 saturated carbocycles. The van der Waals surface area contributed by atoms with Gasteiger partial charge < -0.3 is 10.8 Å². The van der Waals surface area contributed by atoms with Crippen LogP contribution in [-0.4, -0.2) is 20.1 Å². The molecule has 0 saturated heterocycles. The number of nitrogens with one attached hydrogen (secondary N) is 1. The Balaban J connectivity index is 2.27. The van der Waals surface area contributed by atoms with Crippen molar-refractivity contribution in [2.75, 3.05) is 17.1 Å². The fourth-order valence-corrected chi connectivity index (χ4v) is 3.03. The summed E-state index contributed by atoms with van der Waals surface area (Å²) in [6, 6.07) is 10.1. The highest BCUT2D eigenvalue weighted by atomic mass is 32.2. The molecule has 0 unspecified atom stereocenters. The van der Waals surface area contributed by atoms with Gasteiger partial charge in [0.1, 0.15) is 10.7 Å². The monoisotopic (exact) mass is 310 g/mol. The van der Waals surface area contributed by atoms with Gasteiger partial charge in [-0.05, 0) is 36.2 Å². The van der Waals surface area contributed by atoms with Crippen LogP contribution in [0.15, 0.2) is 47.4 Å². The van der Waals surface area contributed by atoms with Gasteiger partial charge in [-0.1, -0.05) is 18.2 Å². The molecule has 0 aliphatic carbocycles. The Bertz CT molecular complexity index is 730. The normalized spacial score (nSPS) is 11.3. The average molecular weight is 310 g/mol. The van der Waals surface area contributed by atoms with Gasteiger partial charge in [0.25, 0.3) is 10.0 Å². The molecule has 2 rings (SSSR count). The number of rotatable bonds is 5. The predicted molar refractivity (Wildman–Crippen MR) is 78.9 cm³/mol. The molecule has 0 atom stereocenters. The molecule has 2 aromatic carbocycles.